The zero-order valence-electron chi connectivity index (χ0n) is 17.5. The van der Waals surface area contributed by atoms with Crippen molar-refractivity contribution in [2.75, 3.05) is 10.6 Å². The molecule has 156 valence electrons. The van der Waals surface area contributed by atoms with E-state index in [0.717, 1.165) is 17.1 Å². The lowest BCUT2D eigenvalue weighted by Gasteiger charge is -2.34. The van der Waals surface area contributed by atoms with Gasteiger partial charge in [0.1, 0.15) is 11.5 Å². The van der Waals surface area contributed by atoms with Gasteiger partial charge in [-0.15, -0.1) is 0 Å². The topological polar surface area (TPSA) is 71.3 Å². The van der Waals surface area contributed by atoms with Gasteiger partial charge in [0, 0.05) is 23.2 Å². The number of allylic oxidation sites excluding steroid dienone is 1. The summed E-state index contributed by atoms with van der Waals surface area (Å²) in [6.45, 7) is 4.14. The monoisotopic (exact) mass is 412 g/mol. The Morgan fingerprint density at radius 2 is 1.81 bits per heavy atom. The van der Waals surface area contributed by atoms with Crippen LogP contribution in [-0.2, 0) is 4.79 Å². The van der Waals surface area contributed by atoms with Crippen LogP contribution < -0.4 is 10.6 Å². The number of furan rings is 1. The summed E-state index contributed by atoms with van der Waals surface area (Å²) in [5, 5.41) is 6.97. The van der Waals surface area contributed by atoms with Crippen LogP contribution in [0.5, 0.6) is 0 Å². The van der Waals surface area contributed by atoms with Crippen LogP contribution in [0, 0.1) is 11.3 Å². The Morgan fingerprint density at radius 3 is 2.55 bits per heavy atom. The van der Waals surface area contributed by atoms with Gasteiger partial charge in [-0.2, -0.15) is 0 Å². The molecule has 0 saturated carbocycles. The van der Waals surface area contributed by atoms with Crippen LogP contribution in [0.2, 0.25) is 0 Å². The van der Waals surface area contributed by atoms with Crippen LogP contribution in [0.15, 0.2) is 83.1 Å². The SMILES string of the molecule is CC1(C)C=C2Nc3ccc(C(=O)c4ccccc4)cc3NC(c3ccco3)C2C(=O)C1. The molecule has 1 aliphatic carbocycles. The van der Waals surface area contributed by atoms with E-state index in [1.165, 1.54) is 0 Å². The number of carbonyl (C=O) groups excluding carboxylic acids is 2. The first kappa shape index (κ1) is 19.4. The predicted octanol–water partition coefficient (Wildman–Crippen LogP) is 5.59. The molecule has 5 rings (SSSR count). The number of ketones is 2. The first-order valence-electron chi connectivity index (χ1n) is 10.5. The highest BCUT2D eigenvalue weighted by Gasteiger charge is 2.42. The molecule has 2 unspecified atom stereocenters. The van der Waals surface area contributed by atoms with E-state index < -0.39 is 0 Å². The number of benzene rings is 2. The Morgan fingerprint density at radius 1 is 1.00 bits per heavy atom. The summed E-state index contributed by atoms with van der Waals surface area (Å²) in [5.74, 6) is 0.424. The number of hydrogen-bond donors (Lipinski definition) is 2. The van der Waals surface area contributed by atoms with Crippen LogP contribution in [0.25, 0.3) is 0 Å². The maximum atomic E-state index is 13.2. The van der Waals surface area contributed by atoms with Crippen molar-refractivity contribution in [3.05, 3.63) is 95.6 Å². The fourth-order valence-electron chi connectivity index (χ4n) is 4.55. The highest BCUT2D eigenvalue weighted by atomic mass is 16.3. The maximum absolute atomic E-state index is 13.2. The quantitative estimate of drug-likeness (QED) is 0.549. The average Bonchev–Trinajstić information content (AvgIpc) is 3.22. The van der Waals surface area contributed by atoms with Crippen molar-refractivity contribution >= 4 is 22.9 Å². The lowest BCUT2D eigenvalue weighted by atomic mass is 9.73. The second-order valence-corrected chi connectivity index (χ2v) is 8.93. The Hall–Kier alpha value is -3.60. The van der Waals surface area contributed by atoms with Crippen LogP contribution >= 0.6 is 0 Å². The van der Waals surface area contributed by atoms with Crippen molar-refractivity contribution in [1.29, 1.82) is 0 Å². The summed E-state index contributed by atoms with van der Waals surface area (Å²) in [6, 6.07) is 18.1. The number of rotatable bonds is 3. The molecule has 31 heavy (non-hydrogen) atoms. The van der Waals surface area contributed by atoms with Gasteiger partial charge in [-0.25, -0.2) is 0 Å². The molecule has 5 heteroatoms. The van der Waals surface area contributed by atoms with Crippen LogP contribution in [0.3, 0.4) is 0 Å². The third-order valence-corrected chi connectivity index (χ3v) is 5.95. The highest BCUT2D eigenvalue weighted by Crippen LogP contribution is 2.45. The van der Waals surface area contributed by atoms with Crippen molar-refractivity contribution < 1.29 is 14.0 Å². The average molecular weight is 412 g/mol. The third-order valence-electron chi connectivity index (χ3n) is 5.95. The Labute approximate surface area is 181 Å². The van der Waals surface area contributed by atoms with Gasteiger partial charge in [0.25, 0.3) is 0 Å². The second-order valence-electron chi connectivity index (χ2n) is 8.93. The lowest BCUT2D eigenvalue weighted by Crippen LogP contribution is -2.36. The number of anilines is 2. The molecule has 2 heterocycles. The molecule has 2 N–H and O–H groups in total. The molecule has 0 saturated heterocycles. The van der Waals surface area contributed by atoms with Gasteiger partial charge in [-0.3, -0.25) is 9.59 Å². The lowest BCUT2D eigenvalue weighted by molar-refractivity contribution is -0.124. The van der Waals surface area contributed by atoms with Crippen molar-refractivity contribution in [1.82, 2.24) is 0 Å². The van der Waals surface area contributed by atoms with Crippen molar-refractivity contribution in [3.8, 4) is 0 Å². The molecule has 2 aliphatic rings. The molecular formula is C26H24N2O3. The van der Waals surface area contributed by atoms with Crippen molar-refractivity contribution in [2.45, 2.75) is 26.3 Å². The van der Waals surface area contributed by atoms with Crippen molar-refractivity contribution in [3.63, 3.8) is 0 Å². The summed E-state index contributed by atoms with van der Waals surface area (Å²) in [6.07, 6.45) is 4.23. The first-order chi connectivity index (χ1) is 14.9. The molecular weight excluding hydrogens is 388 g/mol. The summed E-state index contributed by atoms with van der Waals surface area (Å²) in [5.41, 5.74) is 3.47. The smallest absolute Gasteiger partial charge is 0.193 e. The van der Waals surface area contributed by atoms with E-state index in [2.05, 4.69) is 30.6 Å². The molecule has 0 fully saturated rings. The highest BCUT2D eigenvalue weighted by molar-refractivity contribution is 6.10. The van der Waals surface area contributed by atoms with E-state index in [9.17, 15) is 9.59 Å². The molecule has 1 aromatic heterocycles. The summed E-state index contributed by atoms with van der Waals surface area (Å²) >= 11 is 0. The largest absolute Gasteiger partial charge is 0.467 e. The first-order valence-corrected chi connectivity index (χ1v) is 10.5. The minimum absolute atomic E-state index is 0.0437. The van der Waals surface area contributed by atoms with Crippen molar-refractivity contribution in [2.24, 2.45) is 11.3 Å². The minimum Gasteiger partial charge on any atom is -0.467 e. The minimum atomic E-state index is -0.389. The van der Waals surface area contributed by atoms with Gasteiger partial charge in [0.2, 0.25) is 0 Å². The van der Waals surface area contributed by atoms with E-state index in [4.69, 9.17) is 4.42 Å². The molecule has 0 radical (unpaired) electrons. The summed E-state index contributed by atoms with van der Waals surface area (Å²) in [7, 11) is 0. The zero-order valence-corrected chi connectivity index (χ0v) is 17.5. The standard InChI is InChI=1S/C26H24N2O3/c1-26(2)14-20-23(21(29)15-26)24(22-9-6-12-31-22)28-19-13-17(10-11-18(19)27-20)25(30)16-7-4-3-5-8-16/h3-14,23-24,27-28H,15H2,1-2H3. The Balaban J connectivity index is 1.60. The molecule has 0 amide bonds. The van der Waals surface area contributed by atoms with Gasteiger partial charge in [-0.05, 0) is 35.7 Å². The van der Waals surface area contributed by atoms with Crippen LogP contribution in [-0.4, -0.2) is 11.6 Å². The van der Waals surface area contributed by atoms with Crippen LogP contribution in [0.1, 0.15) is 48.0 Å². The maximum Gasteiger partial charge on any atom is 0.193 e. The van der Waals surface area contributed by atoms with Gasteiger partial charge in [0.05, 0.1) is 29.6 Å². The molecule has 3 aromatic rings. The molecule has 2 atom stereocenters. The number of carbonyl (C=O) groups is 2. The fourth-order valence-corrected chi connectivity index (χ4v) is 4.55. The van der Waals surface area contributed by atoms with Gasteiger partial charge in [-0.1, -0.05) is 50.3 Å². The molecule has 1 aliphatic heterocycles. The summed E-state index contributed by atoms with van der Waals surface area (Å²) < 4.78 is 5.70. The normalized spacial score (nSPS) is 21.6. The van der Waals surface area contributed by atoms with E-state index in [0.29, 0.717) is 23.3 Å². The second kappa shape index (κ2) is 7.27. The van der Waals surface area contributed by atoms with E-state index in [1.807, 2.05) is 60.7 Å². The number of hydrogen-bond acceptors (Lipinski definition) is 5. The van der Waals surface area contributed by atoms with Crippen LogP contribution in [0.4, 0.5) is 11.4 Å². The van der Waals surface area contributed by atoms with Gasteiger partial charge >= 0.3 is 0 Å². The van der Waals surface area contributed by atoms with Gasteiger partial charge in [0.15, 0.2) is 5.78 Å². The Bertz CT molecular complexity index is 1180. The predicted molar refractivity (Wildman–Crippen MR) is 120 cm³/mol. The fraction of sp³-hybridized carbons (Fsp3) is 0.231. The summed E-state index contributed by atoms with van der Waals surface area (Å²) in [4.78, 5) is 26.2. The van der Waals surface area contributed by atoms with E-state index in [-0.39, 0.29) is 28.9 Å². The molecule has 2 aromatic carbocycles. The number of Topliss-reactive ketones (excluding diaryl/α,β-unsaturated/α-hetero) is 1. The van der Waals surface area contributed by atoms with E-state index >= 15 is 0 Å². The van der Waals surface area contributed by atoms with Gasteiger partial charge < -0.3 is 15.1 Å². The number of nitrogens with one attached hydrogen (secondary N) is 2. The third kappa shape index (κ3) is 3.56. The number of fused-ring (bicyclic) bond motifs is 2. The zero-order chi connectivity index (χ0) is 21.6. The molecule has 5 nitrogen and oxygen atoms in total. The Kier molecular flexibility index (Phi) is 4.54. The van der Waals surface area contributed by atoms with E-state index in [1.54, 1.807) is 6.26 Å². The molecule has 0 bridgehead atoms. The molecule has 0 spiro atoms.